The molecule has 3 saturated heterocycles. The molecule has 0 spiro atoms. The highest BCUT2D eigenvalue weighted by atomic mass is 19.4. The Labute approximate surface area is 158 Å². The number of carbonyl (C=O) groups is 2. The van der Waals surface area contributed by atoms with Crippen molar-refractivity contribution in [1.29, 1.82) is 5.26 Å². The van der Waals surface area contributed by atoms with Gasteiger partial charge in [-0.25, -0.2) is 4.90 Å². The number of alkyl halides is 3. The number of hydrogen-bond acceptors (Lipinski definition) is 5. The van der Waals surface area contributed by atoms with Crippen molar-refractivity contribution in [2.24, 2.45) is 11.8 Å². The Balaban J connectivity index is 1.79. The van der Waals surface area contributed by atoms with Gasteiger partial charge in [-0.3, -0.25) is 9.59 Å². The Kier molecular flexibility index (Phi) is 3.90. The van der Waals surface area contributed by atoms with Gasteiger partial charge in [0.05, 0.1) is 45.9 Å². The number of hydrogen-bond donors (Lipinski definition) is 1. The van der Waals surface area contributed by atoms with Crippen LogP contribution in [-0.4, -0.2) is 34.7 Å². The summed E-state index contributed by atoms with van der Waals surface area (Å²) in [5, 5.41) is 18.4. The predicted octanol–water partition coefficient (Wildman–Crippen LogP) is 2.39. The fourth-order valence-electron chi connectivity index (χ4n) is 5.06. The smallest absolute Gasteiger partial charge is 0.396 e. The predicted molar refractivity (Wildman–Crippen MR) is 88.8 cm³/mol. The van der Waals surface area contributed by atoms with Gasteiger partial charge in [0.15, 0.2) is 0 Å². The molecule has 6 nitrogen and oxygen atoms in total. The number of ether oxygens (including phenoxy) is 1. The lowest BCUT2D eigenvalue weighted by Crippen LogP contribution is -2.42. The number of benzene rings is 1. The van der Waals surface area contributed by atoms with E-state index in [4.69, 9.17) is 10.00 Å². The molecule has 2 bridgehead atoms. The maximum absolute atomic E-state index is 13.3. The molecular formula is C19H17F3N2O4. The number of rotatable bonds is 3. The minimum absolute atomic E-state index is 0.178. The number of nitrogens with zero attached hydrogens (tertiary/aromatic N) is 2. The number of aliphatic hydroxyl groups is 1. The first-order valence-electron chi connectivity index (χ1n) is 8.88. The van der Waals surface area contributed by atoms with E-state index in [9.17, 15) is 27.9 Å². The van der Waals surface area contributed by atoms with Crippen LogP contribution in [0.15, 0.2) is 18.2 Å². The van der Waals surface area contributed by atoms with Crippen LogP contribution in [0, 0.1) is 23.2 Å². The first kappa shape index (κ1) is 18.9. The summed E-state index contributed by atoms with van der Waals surface area (Å²) < 4.78 is 45.9. The zero-order valence-electron chi connectivity index (χ0n) is 14.9. The Morgan fingerprint density at radius 2 is 1.96 bits per heavy atom. The minimum atomic E-state index is -4.80. The molecule has 1 N–H and O–H groups in total. The van der Waals surface area contributed by atoms with E-state index in [2.05, 4.69) is 0 Å². The van der Waals surface area contributed by atoms with Crippen molar-refractivity contribution < 1.29 is 32.6 Å². The zero-order valence-corrected chi connectivity index (χ0v) is 14.9. The molecule has 1 aromatic rings. The molecule has 3 heterocycles. The molecule has 0 aromatic heterocycles. The molecule has 0 saturated carbocycles. The Hall–Kier alpha value is -2.44. The number of nitriles is 1. The van der Waals surface area contributed by atoms with Crippen molar-refractivity contribution in [2.75, 3.05) is 11.5 Å². The van der Waals surface area contributed by atoms with E-state index < -0.39 is 52.2 Å². The molecule has 0 aliphatic carbocycles. The summed E-state index contributed by atoms with van der Waals surface area (Å²) in [5.74, 6) is -2.86. The van der Waals surface area contributed by atoms with Crippen molar-refractivity contribution in [3.63, 3.8) is 0 Å². The van der Waals surface area contributed by atoms with Crippen LogP contribution in [0.25, 0.3) is 0 Å². The van der Waals surface area contributed by atoms with Crippen molar-refractivity contribution in [3.05, 3.63) is 29.3 Å². The van der Waals surface area contributed by atoms with E-state index in [0.717, 1.165) is 11.0 Å². The lowest BCUT2D eigenvalue weighted by atomic mass is 9.67. The molecule has 9 heteroatoms. The van der Waals surface area contributed by atoms with Gasteiger partial charge in [0.25, 0.3) is 0 Å². The SMILES string of the molecule is CC12CCC(CCO)(O1)C1C(=O)N(c3ccc(C#N)c(C(F)(F)F)c3)C(=O)C12. The van der Waals surface area contributed by atoms with Crippen molar-refractivity contribution in [3.8, 4) is 6.07 Å². The monoisotopic (exact) mass is 394 g/mol. The summed E-state index contributed by atoms with van der Waals surface area (Å²) in [6.07, 6.45) is -3.59. The highest BCUT2D eigenvalue weighted by molar-refractivity contribution is 6.23. The fraction of sp³-hybridized carbons (Fsp3) is 0.526. The number of imide groups is 1. The third-order valence-corrected chi connectivity index (χ3v) is 6.23. The maximum atomic E-state index is 13.3. The van der Waals surface area contributed by atoms with Gasteiger partial charge in [-0.15, -0.1) is 0 Å². The van der Waals surface area contributed by atoms with E-state index >= 15 is 0 Å². The molecule has 1 aromatic carbocycles. The minimum Gasteiger partial charge on any atom is -0.396 e. The second kappa shape index (κ2) is 5.78. The Morgan fingerprint density at radius 1 is 1.29 bits per heavy atom. The molecule has 4 unspecified atom stereocenters. The number of anilines is 1. The summed E-state index contributed by atoms with van der Waals surface area (Å²) in [6, 6.07) is 4.28. The van der Waals surface area contributed by atoms with Gasteiger partial charge in [0, 0.05) is 13.0 Å². The van der Waals surface area contributed by atoms with Crippen molar-refractivity contribution in [2.45, 2.75) is 43.6 Å². The standard InChI is InChI=1S/C19H17F3N2O4/c1-17-4-5-18(28-17,6-7-25)14-13(17)15(26)24(16(14)27)11-3-2-10(9-23)12(8-11)19(20,21)22/h2-3,8,13-14,25H,4-7H2,1H3. The average molecular weight is 394 g/mol. The molecule has 2 amide bonds. The molecular weight excluding hydrogens is 377 g/mol. The van der Waals surface area contributed by atoms with E-state index in [1.165, 1.54) is 12.1 Å². The van der Waals surface area contributed by atoms with E-state index in [-0.39, 0.29) is 18.7 Å². The number of fused-ring (bicyclic) bond motifs is 5. The number of halogens is 3. The van der Waals surface area contributed by atoms with Crippen LogP contribution in [0.4, 0.5) is 18.9 Å². The highest BCUT2D eigenvalue weighted by Gasteiger charge is 2.73. The van der Waals surface area contributed by atoms with Gasteiger partial charge < -0.3 is 9.84 Å². The van der Waals surface area contributed by atoms with Gasteiger partial charge in [-0.05, 0) is 38.0 Å². The van der Waals surface area contributed by atoms with Crippen LogP contribution in [0.1, 0.15) is 37.3 Å². The molecule has 4 rings (SSSR count). The second-order valence-corrected chi connectivity index (χ2v) is 7.76. The van der Waals surface area contributed by atoms with Crippen molar-refractivity contribution >= 4 is 17.5 Å². The molecule has 0 radical (unpaired) electrons. The fourth-order valence-corrected chi connectivity index (χ4v) is 5.06. The van der Waals surface area contributed by atoms with Crippen LogP contribution in [0.2, 0.25) is 0 Å². The number of amides is 2. The van der Waals surface area contributed by atoms with Crippen LogP contribution >= 0.6 is 0 Å². The average Bonchev–Trinajstić information content (AvgIpc) is 3.19. The van der Waals surface area contributed by atoms with Crippen molar-refractivity contribution in [1.82, 2.24) is 0 Å². The molecule has 3 fully saturated rings. The van der Waals surface area contributed by atoms with Crippen LogP contribution in [0.3, 0.4) is 0 Å². The second-order valence-electron chi connectivity index (χ2n) is 7.76. The maximum Gasteiger partial charge on any atom is 0.417 e. The largest absolute Gasteiger partial charge is 0.417 e. The summed E-state index contributed by atoms with van der Waals surface area (Å²) >= 11 is 0. The molecule has 148 valence electrons. The third-order valence-electron chi connectivity index (χ3n) is 6.23. The van der Waals surface area contributed by atoms with Gasteiger partial charge >= 0.3 is 6.18 Å². The van der Waals surface area contributed by atoms with Gasteiger partial charge in [0.1, 0.15) is 0 Å². The first-order chi connectivity index (χ1) is 13.1. The number of carbonyl (C=O) groups excluding carboxylic acids is 2. The number of aliphatic hydroxyl groups excluding tert-OH is 1. The zero-order chi connectivity index (χ0) is 20.5. The summed E-state index contributed by atoms with van der Waals surface area (Å²) in [4.78, 5) is 27.0. The van der Waals surface area contributed by atoms with E-state index in [0.29, 0.717) is 18.9 Å². The van der Waals surface area contributed by atoms with Crippen LogP contribution < -0.4 is 4.90 Å². The van der Waals surface area contributed by atoms with Crippen LogP contribution in [0.5, 0.6) is 0 Å². The topological polar surface area (TPSA) is 90.6 Å². The molecule has 28 heavy (non-hydrogen) atoms. The Bertz CT molecular complexity index is 921. The lowest BCUT2D eigenvalue weighted by molar-refractivity contribution is -0.138. The summed E-state index contributed by atoms with van der Waals surface area (Å²) in [6.45, 7) is 1.50. The quantitative estimate of drug-likeness (QED) is 0.795. The van der Waals surface area contributed by atoms with Gasteiger partial charge in [-0.1, -0.05) is 0 Å². The Morgan fingerprint density at radius 3 is 2.57 bits per heavy atom. The normalized spacial score (nSPS) is 34.1. The summed E-state index contributed by atoms with van der Waals surface area (Å²) in [7, 11) is 0. The molecule has 3 aliphatic heterocycles. The first-order valence-corrected chi connectivity index (χ1v) is 8.88. The van der Waals surface area contributed by atoms with E-state index in [1.54, 1.807) is 6.92 Å². The van der Waals surface area contributed by atoms with Gasteiger partial charge in [0.2, 0.25) is 11.8 Å². The van der Waals surface area contributed by atoms with E-state index in [1.807, 2.05) is 0 Å². The molecule has 3 aliphatic rings. The summed E-state index contributed by atoms with van der Waals surface area (Å²) in [5.41, 5.74) is -3.85. The third kappa shape index (κ3) is 2.34. The molecule has 4 atom stereocenters. The van der Waals surface area contributed by atoms with Crippen LogP contribution in [-0.2, 0) is 20.5 Å². The van der Waals surface area contributed by atoms with Gasteiger partial charge in [-0.2, -0.15) is 18.4 Å². The lowest BCUT2D eigenvalue weighted by Gasteiger charge is -2.30. The highest BCUT2D eigenvalue weighted by Crippen LogP contribution is 2.62.